The molecular formula is C13H20N2O5S. The minimum Gasteiger partial charge on any atom is -0.475 e. The van der Waals surface area contributed by atoms with E-state index in [2.05, 4.69) is 4.90 Å². The molecule has 8 heteroatoms. The van der Waals surface area contributed by atoms with Crippen molar-refractivity contribution in [3.8, 4) is 0 Å². The molecule has 0 bridgehead atoms. The normalized spacial score (nSPS) is 20.9. The Balaban J connectivity index is 2.30. The second kappa shape index (κ2) is 5.78. The van der Waals surface area contributed by atoms with Crippen molar-refractivity contribution in [1.82, 2.24) is 9.21 Å². The van der Waals surface area contributed by atoms with E-state index < -0.39 is 16.0 Å². The SMILES string of the molecule is Cc1oc(C(=O)O)cc1S(=O)(=O)N(C)[C@@H]1CCCN(C)C1. The summed E-state index contributed by atoms with van der Waals surface area (Å²) in [5.74, 6) is -1.54. The Kier molecular flexibility index (Phi) is 4.40. The predicted octanol–water partition coefficient (Wildman–Crippen LogP) is 1.00. The van der Waals surface area contributed by atoms with Crippen LogP contribution in [0.4, 0.5) is 0 Å². The molecule has 0 aliphatic carbocycles. The van der Waals surface area contributed by atoms with Crippen molar-refractivity contribution in [3.63, 3.8) is 0 Å². The van der Waals surface area contributed by atoms with Gasteiger partial charge in [-0.15, -0.1) is 0 Å². The van der Waals surface area contributed by atoms with Crippen LogP contribution in [0.1, 0.15) is 29.2 Å². The summed E-state index contributed by atoms with van der Waals surface area (Å²) in [6.45, 7) is 3.08. The quantitative estimate of drug-likeness (QED) is 0.891. The fraction of sp³-hybridized carbons (Fsp3) is 0.615. The maximum atomic E-state index is 12.6. The smallest absolute Gasteiger partial charge is 0.371 e. The number of aryl methyl sites for hydroxylation is 1. The lowest BCUT2D eigenvalue weighted by Crippen LogP contribution is -2.47. The molecule has 0 spiro atoms. The maximum absolute atomic E-state index is 12.6. The first-order valence-electron chi connectivity index (χ1n) is 6.73. The van der Waals surface area contributed by atoms with E-state index in [1.165, 1.54) is 18.3 Å². The highest BCUT2D eigenvalue weighted by molar-refractivity contribution is 7.89. The van der Waals surface area contributed by atoms with Crippen LogP contribution in [0.5, 0.6) is 0 Å². The summed E-state index contributed by atoms with van der Waals surface area (Å²) < 4.78 is 31.6. The Hall–Kier alpha value is -1.38. The van der Waals surface area contributed by atoms with Crippen LogP contribution in [0.25, 0.3) is 0 Å². The van der Waals surface area contributed by atoms with Crippen molar-refractivity contribution >= 4 is 16.0 Å². The van der Waals surface area contributed by atoms with Crippen LogP contribution in [0.15, 0.2) is 15.4 Å². The van der Waals surface area contributed by atoms with Crippen LogP contribution >= 0.6 is 0 Å². The molecule has 1 fully saturated rings. The third kappa shape index (κ3) is 3.12. The first kappa shape index (κ1) is 16.0. The summed E-state index contributed by atoms with van der Waals surface area (Å²) >= 11 is 0. The molecule has 0 unspecified atom stereocenters. The topological polar surface area (TPSA) is 91.1 Å². The van der Waals surface area contributed by atoms with E-state index in [-0.39, 0.29) is 22.5 Å². The highest BCUT2D eigenvalue weighted by Crippen LogP contribution is 2.26. The number of hydrogen-bond acceptors (Lipinski definition) is 5. The van der Waals surface area contributed by atoms with Gasteiger partial charge in [0.25, 0.3) is 0 Å². The monoisotopic (exact) mass is 316 g/mol. The van der Waals surface area contributed by atoms with Crippen molar-refractivity contribution < 1.29 is 22.7 Å². The van der Waals surface area contributed by atoms with E-state index in [9.17, 15) is 13.2 Å². The van der Waals surface area contributed by atoms with Crippen molar-refractivity contribution in [2.45, 2.75) is 30.7 Å². The highest BCUT2D eigenvalue weighted by Gasteiger charge is 2.33. The summed E-state index contributed by atoms with van der Waals surface area (Å²) in [5, 5.41) is 8.90. The molecule has 1 aromatic rings. The molecule has 1 atom stereocenters. The number of likely N-dealkylation sites (tertiary alicyclic amines) is 1. The van der Waals surface area contributed by atoms with E-state index in [0.29, 0.717) is 6.54 Å². The second-order valence-electron chi connectivity index (χ2n) is 5.42. The van der Waals surface area contributed by atoms with Gasteiger partial charge < -0.3 is 14.4 Å². The second-order valence-corrected chi connectivity index (χ2v) is 7.38. The minimum atomic E-state index is -3.76. The van der Waals surface area contributed by atoms with Gasteiger partial charge in [-0.25, -0.2) is 13.2 Å². The molecule has 1 aliphatic heterocycles. The van der Waals surface area contributed by atoms with Gasteiger partial charge >= 0.3 is 5.97 Å². The molecular weight excluding hydrogens is 296 g/mol. The van der Waals surface area contributed by atoms with Crippen LogP contribution < -0.4 is 0 Å². The van der Waals surface area contributed by atoms with Crippen LogP contribution in [0, 0.1) is 6.92 Å². The van der Waals surface area contributed by atoms with Gasteiger partial charge in [-0.3, -0.25) is 0 Å². The van der Waals surface area contributed by atoms with Crippen molar-refractivity contribution in [2.75, 3.05) is 27.2 Å². The molecule has 1 aromatic heterocycles. The zero-order valence-electron chi connectivity index (χ0n) is 12.4. The van der Waals surface area contributed by atoms with Gasteiger partial charge in [0.1, 0.15) is 10.7 Å². The molecule has 0 aromatic carbocycles. The number of carboxylic acids is 1. The number of rotatable bonds is 4. The third-order valence-corrected chi connectivity index (χ3v) is 5.87. The van der Waals surface area contributed by atoms with E-state index in [1.807, 2.05) is 7.05 Å². The number of carbonyl (C=O) groups is 1. The van der Waals surface area contributed by atoms with Gasteiger partial charge in [-0.2, -0.15) is 4.31 Å². The summed E-state index contributed by atoms with van der Waals surface area (Å²) in [4.78, 5) is 12.9. The highest BCUT2D eigenvalue weighted by atomic mass is 32.2. The molecule has 2 heterocycles. The number of nitrogens with zero attached hydrogens (tertiary/aromatic N) is 2. The molecule has 118 valence electrons. The number of hydrogen-bond donors (Lipinski definition) is 1. The molecule has 0 amide bonds. The molecule has 1 saturated heterocycles. The van der Waals surface area contributed by atoms with E-state index in [1.54, 1.807) is 0 Å². The fourth-order valence-electron chi connectivity index (χ4n) is 2.61. The van der Waals surface area contributed by atoms with Crippen LogP contribution in [-0.4, -0.2) is 61.9 Å². The van der Waals surface area contributed by atoms with Gasteiger partial charge in [0.2, 0.25) is 15.8 Å². The Morgan fingerprint density at radius 3 is 2.71 bits per heavy atom. The number of piperidine rings is 1. The lowest BCUT2D eigenvalue weighted by atomic mass is 10.1. The van der Waals surface area contributed by atoms with Gasteiger partial charge in [0, 0.05) is 25.7 Å². The van der Waals surface area contributed by atoms with Crippen LogP contribution in [0.3, 0.4) is 0 Å². The number of sulfonamides is 1. The summed E-state index contributed by atoms with van der Waals surface area (Å²) in [6, 6.07) is 0.965. The molecule has 7 nitrogen and oxygen atoms in total. The molecule has 2 rings (SSSR count). The molecule has 0 radical (unpaired) electrons. The zero-order chi connectivity index (χ0) is 15.8. The van der Waals surface area contributed by atoms with E-state index >= 15 is 0 Å². The minimum absolute atomic E-state index is 0.0735. The van der Waals surface area contributed by atoms with E-state index in [0.717, 1.165) is 25.5 Å². The van der Waals surface area contributed by atoms with Crippen molar-refractivity contribution in [2.24, 2.45) is 0 Å². The first-order valence-corrected chi connectivity index (χ1v) is 8.18. The molecule has 1 N–H and O–H groups in total. The largest absolute Gasteiger partial charge is 0.475 e. The molecule has 0 saturated carbocycles. The molecule has 1 aliphatic rings. The number of furan rings is 1. The standard InChI is InChI=1S/C13H20N2O5S/c1-9-12(7-11(20-9)13(16)17)21(18,19)15(3)10-5-4-6-14(2)8-10/h7,10H,4-6,8H2,1-3H3,(H,16,17)/t10-/m1/s1. The Bertz CT molecular complexity index is 637. The van der Waals surface area contributed by atoms with Gasteiger partial charge in [-0.1, -0.05) is 0 Å². The van der Waals surface area contributed by atoms with Gasteiger partial charge in [0.05, 0.1) is 0 Å². The van der Waals surface area contributed by atoms with Gasteiger partial charge in [-0.05, 0) is 33.4 Å². The van der Waals surface area contributed by atoms with Crippen LogP contribution in [-0.2, 0) is 10.0 Å². The Morgan fingerprint density at radius 1 is 1.52 bits per heavy atom. The Morgan fingerprint density at radius 2 is 2.19 bits per heavy atom. The Labute approximate surface area is 124 Å². The molecule has 21 heavy (non-hydrogen) atoms. The average Bonchev–Trinajstić information content (AvgIpc) is 2.81. The average molecular weight is 316 g/mol. The van der Waals surface area contributed by atoms with Crippen molar-refractivity contribution in [3.05, 3.63) is 17.6 Å². The predicted molar refractivity (Wildman–Crippen MR) is 75.9 cm³/mol. The number of carboxylic acid groups (broad SMARTS) is 1. The number of likely N-dealkylation sites (N-methyl/N-ethyl adjacent to an activating group) is 2. The zero-order valence-corrected chi connectivity index (χ0v) is 13.2. The maximum Gasteiger partial charge on any atom is 0.371 e. The first-order chi connectivity index (χ1) is 9.73. The summed E-state index contributed by atoms with van der Waals surface area (Å²) in [6.07, 6.45) is 1.73. The lowest BCUT2D eigenvalue weighted by Gasteiger charge is -2.34. The lowest BCUT2D eigenvalue weighted by molar-refractivity contribution is 0.0661. The van der Waals surface area contributed by atoms with Crippen molar-refractivity contribution in [1.29, 1.82) is 0 Å². The van der Waals surface area contributed by atoms with E-state index in [4.69, 9.17) is 9.52 Å². The summed E-state index contributed by atoms with van der Waals surface area (Å²) in [5.41, 5.74) is 0. The third-order valence-electron chi connectivity index (χ3n) is 3.85. The van der Waals surface area contributed by atoms with Crippen LogP contribution in [0.2, 0.25) is 0 Å². The van der Waals surface area contributed by atoms with Gasteiger partial charge in [0.15, 0.2) is 0 Å². The number of aromatic carboxylic acids is 1. The summed E-state index contributed by atoms with van der Waals surface area (Å²) in [7, 11) is -0.265. The fourth-order valence-corrected chi connectivity index (χ4v) is 4.15.